The average Bonchev–Trinajstić information content (AvgIpc) is 2.52. The maximum atomic E-state index is 12.2. The molecule has 1 aromatic rings. The van der Waals surface area contributed by atoms with Crippen LogP contribution in [0.25, 0.3) is 0 Å². The van der Waals surface area contributed by atoms with Gasteiger partial charge in [0.1, 0.15) is 0 Å². The van der Waals surface area contributed by atoms with Crippen LogP contribution in [0, 0.1) is 5.41 Å². The SMILES string of the molecule is CC[C@@]1(C)CC(=O)N(c2ccccc2)C1=O. The second kappa shape index (κ2) is 3.74. The average molecular weight is 217 g/mol. The van der Waals surface area contributed by atoms with Crippen molar-refractivity contribution >= 4 is 17.5 Å². The molecule has 2 rings (SSSR count). The standard InChI is InChI=1S/C13H15NO2/c1-3-13(2)9-11(15)14(12(13)16)10-7-5-4-6-8-10/h4-8H,3,9H2,1-2H3/t13-/m0/s1. The quantitative estimate of drug-likeness (QED) is 0.713. The van der Waals surface area contributed by atoms with E-state index >= 15 is 0 Å². The Balaban J connectivity index is 2.38. The largest absolute Gasteiger partial charge is 0.274 e. The zero-order chi connectivity index (χ0) is 11.8. The predicted molar refractivity (Wildman–Crippen MR) is 62.0 cm³/mol. The molecule has 1 aliphatic heterocycles. The van der Waals surface area contributed by atoms with E-state index in [0.717, 1.165) is 0 Å². The van der Waals surface area contributed by atoms with Gasteiger partial charge in [-0.2, -0.15) is 0 Å². The molecule has 3 nitrogen and oxygen atoms in total. The van der Waals surface area contributed by atoms with Crippen LogP contribution in [0.4, 0.5) is 5.69 Å². The minimum Gasteiger partial charge on any atom is -0.274 e. The summed E-state index contributed by atoms with van der Waals surface area (Å²) in [6.45, 7) is 3.80. The number of para-hydroxylation sites is 1. The Morgan fingerprint density at radius 2 is 1.88 bits per heavy atom. The highest BCUT2D eigenvalue weighted by Gasteiger charge is 2.47. The van der Waals surface area contributed by atoms with E-state index in [4.69, 9.17) is 0 Å². The van der Waals surface area contributed by atoms with Crippen molar-refractivity contribution in [3.63, 3.8) is 0 Å². The first-order chi connectivity index (χ1) is 7.58. The maximum absolute atomic E-state index is 12.2. The van der Waals surface area contributed by atoms with Crippen LogP contribution in [0.1, 0.15) is 26.7 Å². The Bertz CT molecular complexity index is 427. The van der Waals surface area contributed by atoms with Gasteiger partial charge in [0, 0.05) is 6.42 Å². The zero-order valence-electron chi connectivity index (χ0n) is 9.56. The fourth-order valence-corrected chi connectivity index (χ4v) is 1.99. The van der Waals surface area contributed by atoms with E-state index in [-0.39, 0.29) is 11.8 Å². The van der Waals surface area contributed by atoms with Crippen molar-refractivity contribution in [2.45, 2.75) is 26.7 Å². The Hall–Kier alpha value is -1.64. The molecule has 16 heavy (non-hydrogen) atoms. The molecule has 0 spiro atoms. The van der Waals surface area contributed by atoms with E-state index in [9.17, 15) is 9.59 Å². The first-order valence-electron chi connectivity index (χ1n) is 5.51. The summed E-state index contributed by atoms with van der Waals surface area (Å²) in [5, 5.41) is 0. The molecule has 1 heterocycles. The van der Waals surface area contributed by atoms with Gasteiger partial charge >= 0.3 is 0 Å². The van der Waals surface area contributed by atoms with Crippen molar-refractivity contribution in [1.29, 1.82) is 0 Å². The molecular formula is C13H15NO2. The molecule has 1 aliphatic rings. The number of amides is 2. The van der Waals surface area contributed by atoms with E-state index < -0.39 is 5.41 Å². The van der Waals surface area contributed by atoms with Gasteiger partial charge in [-0.05, 0) is 18.6 Å². The van der Waals surface area contributed by atoms with E-state index in [0.29, 0.717) is 18.5 Å². The Morgan fingerprint density at radius 3 is 2.38 bits per heavy atom. The molecule has 0 unspecified atom stereocenters. The van der Waals surface area contributed by atoms with Crippen molar-refractivity contribution < 1.29 is 9.59 Å². The lowest BCUT2D eigenvalue weighted by molar-refractivity contribution is -0.125. The smallest absolute Gasteiger partial charge is 0.240 e. The minimum atomic E-state index is -0.521. The van der Waals surface area contributed by atoms with Crippen LogP contribution < -0.4 is 4.90 Å². The van der Waals surface area contributed by atoms with Gasteiger partial charge in [0.25, 0.3) is 0 Å². The van der Waals surface area contributed by atoms with Crippen LogP contribution in [-0.4, -0.2) is 11.8 Å². The third-order valence-electron chi connectivity index (χ3n) is 3.30. The summed E-state index contributed by atoms with van der Waals surface area (Å²) in [6.07, 6.45) is 1.01. The second-order valence-corrected chi connectivity index (χ2v) is 4.46. The van der Waals surface area contributed by atoms with Gasteiger partial charge in [-0.3, -0.25) is 14.5 Å². The summed E-state index contributed by atoms with van der Waals surface area (Å²) in [7, 11) is 0. The third kappa shape index (κ3) is 1.52. The van der Waals surface area contributed by atoms with Gasteiger partial charge in [0.15, 0.2) is 0 Å². The molecule has 1 atom stereocenters. The van der Waals surface area contributed by atoms with Gasteiger partial charge in [0.2, 0.25) is 11.8 Å². The molecule has 1 aromatic carbocycles. The molecule has 3 heteroatoms. The van der Waals surface area contributed by atoms with Gasteiger partial charge in [-0.15, -0.1) is 0 Å². The molecule has 1 fully saturated rings. The van der Waals surface area contributed by atoms with Crippen LogP contribution in [-0.2, 0) is 9.59 Å². The van der Waals surface area contributed by atoms with Crippen LogP contribution in [0.15, 0.2) is 30.3 Å². The first kappa shape index (κ1) is 10.9. The topological polar surface area (TPSA) is 37.4 Å². The Kier molecular flexibility index (Phi) is 2.54. The lowest BCUT2D eigenvalue weighted by atomic mass is 9.86. The fourth-order valence-electron chi connectivity index (χ4n) is 1.99. The van der Waals surface area contributed by atoms with Crippen LogP contribution in [0.3, 0.4) is 0 Å². The highest BCUT2D eigenvalue weighted by atomic mass is 16.2. The number of rotatable bonds is 2. The normalized spacial score (nSPS) is 25.2. The molecule has 0 bridgehead atoms. The Morgan fingerprint density at radius 1 is 1.25 bits per heavy atom. The summed E-state index contributed by atoms with van der Waals surface area (Å²) in [5.74, 6) is -0.174. The first-order valence-corrected chi connectivity index (χ1v) is 5.51. The number of carbonyl (C=O) groups is 2. The molecule has 0 aliphatic carbocycles. The summed E-state index contributed by atoms with van der Waals surface area (Å²) in [4.78, 5) is 25.3. The van der Waals surface area contributed by atoms with E-state index in [2.05, 4.69) is 0 Å². The van der Waals surface area contributed by atoms with Gasteiger partial charge < -0.3 is 0 Å². The molecule has 0 saturated carbocycles. The summed E-state index contributed by atoms with van der Waals surface area (Å²) in [6, 6.07) is 9.11. The summed E-state index contributed by atoms with van der Waals surface area (Å²) >= 11 is 0. The number of hydrogen-bond acceptors (Lipinski definition) is 2. The number of imide groups is 1. The summed E-state index contributed by atoms with van der Waals surface area (Å²) in [5.41, 5.74) is 0.155. The van der Waals surface area contributed by atoms with Crippen molar-refractivity contribution in [3.05, 3.63) is 30.3 Å². The molecule has 0 radical (unpaired) electrons. The highest BCUT2D eigenvalue weighted by Crippen LogP contribution is 2.37. The lowest BCUT2D eigenvalue weighted by Crippen LogP contribution is -2.33. The number of carbonyl (C=O) groups excluding carboxylic acids is 2. The monoisotopic (exact) mass is 217 g/mol. The van der Waals surface area contributed by atoms with Crippen molar-refractivity contribution in [2.75, 3.05) is 4.90 Å². The van der Waals surface area contributed by atoms with Crippen molar-refractivity contribution in [3.8, 4) is 0 Å². The van der Waals surface area contributed by atoms with Crippen molar-refractivity contribution in [2.24, 2.45) is 5.41 Å². The molecular weight excluding hydrogens is 202 g/mol. The van der Waals surface area contributed by atoms with E-state index in [1.165, 1.54) is 4.90 Å². The second-order valence-electron chi connectivity index (χ2n) is 4.46. The number of nitrogens with zero attached hydrogens (tertiary/aromatic N) is 1. The molecule has 2 amide bonds. The highest BCUT2D eigenvalue weighted by molar-refractivity contribution is 6.22. The predicted octanol–water partition coefficient (Wildman–Crippen LogP) is 2.37. The van der Waals surface area contributed by atoms with E-state index in [1.54, 1.807) is 12.1 Å². The Labute approximate surface area is 95.1 Å². The maximum Gasteiger partial charge on any atom is 0.240 e. The van der Waals surface area contributed by atoms with Gasteiger partial charge in [-0.1, -0.05) is 32.0 Å². The summed E-state index contributed by atoms with van der Waals surface area (Å²) < 4.78 is 0. The molecule has 0 aromatic heterocycles. The lowest BCUT2D eigenvalue weighted by Gasteiger charge is -2.20. The van der Waals surface area contributed by atoms with E-state index in [1.807, 2.05) is 32.0 Å². The van der Waals surface area contributed by atoms with Crippen LogP contribution in [0.2, 0.25) is 0 Å². The number of anilines is 1. The zero-order valence-corrected chi connectivity index (χ0v) is 9.56. The molecule has 84 valence electrons. The minimum absolute atomic E-state index is 0.0776. The van der Waals surface area contributed by atoms with Crippen LogP contribution in [0.5, 0.6) is 0 Å². The molecule has 1 saturated heterocycles. The number of hydrogen-bond donors (Lipinski definition) is 0. The molecule has 0 N–H and O–H groups in total. The van der Waals surface area contributed by atoms with Crippen LogP contribution >= 0.6 is 0 Å². The fraction of sp³-hybridized carbons (Fsp3) is 0.385. The van der Waals surface area contributed by atoms with Gasteiger partial charge in [0.05, 0.1) is 11.1 Å². The van der Waals surface area contributed by atoms with Gasteiger partial charge in [-0.25, -0.2) is 0 Å². The van der Waals surface area contributed by atoms with Crippen molar-refractivity contribution in [1.82, 2.24) is 0 Å². The third-order valence-corrected chi connectivity index (χ3v) is 3.30. The number of benzene rings is 1.